The lowest BCUT2D eigenvalue weighted by atomic mass is 9.95. The molecule has 2 saturated carbocycles. The molecule has 5 heteroatoms. The highest BCUT2D eigenvalue weighted by Gasteiger charge is 2.38. The molecular formula is C17H25N3O2. The molecule has 1 aliphatic heterocycles. The van der Waals surface area contributed by atoms with Gasteiger partial charge >= 0.3 is 0 Å². The molecule has 0 aromatic carbocycles. The Morgan fingerprint density at radius 3 is 2.55 bits per heavy atom. The Bertz CT molecular complexity index is 477. The van der Waals surface area contributed by atoms with E-state index in [4.69, 9.17) is 5.26 Å². The van der Waals surface area contributed by atoms with Gasteiger partial charge in [0.2, 0.25) is 11.8 Å². The molecular weight excluding hydrogens is 278 g/mol. The van der Waals surface area contributed by atoms with Crippen LogP contribution in [0.25, 0.3) is 0 Å². The smallest absolute Gasteiger partial charge is 0.227 e. The number of carbonyl (C=O) groups is 2. The summed E-state index contributed by atoms with van der Waals surface area (Å²) in [6, 6.07) is 2.14. The third kappa shape index (κ3) is 3.79. The first-order valence-electron chi connectivity index (χ1n) is 8.63. The molecule has 5 nitrogen and oxygen atoms in total. The molecule has 0 aromatic rings. The summed E-state index contributed by atoms with van der Waals surface area (Å²) in [4.78, 5) is 28.8. The largest absolute Gasteiger partial charge is 0.342 e. The van der Waals surface area contributed by atoms with Crippen molar-refractivity contribution in [2.75, 3.05) is 26.2 Å². The summed E-state index contributed by atoms with van der Waals surface area (Å²) in [7, 11) is 0. The number of nitriles is 1. The lowest BCUT2D eigenvalue weighted by Crippen LogP contribution is -2.47. The third-order valence-corrected chi connectivity index (χ3v) is 4.99. The van der Waals surface area contributed by atoms with Crippen LogP contribution in [-0.4, -0.2) is 47.8 Å². The van der Waals surface area contributed by atoms with Crippen molar-refractivity contribution in [1.29, 1.82) is 5.26 Å². The van der Waals surface area contributed by atoms with Crippen molar-refractivity contribution in [3.63, 3.8) is 0 Å². The lowest BCUT2D eigenvalue weighted by Gasteiger charge is -2.35. The first kappa shape index (κ1) is 15.3. The van der Waals surface area contributed by atoms with Crippen molar-refractivity contribution in [3.8, 4) is 6.07 Å². The molecule has 22 heavy (non-hydrogen) atoms. The van der Waals surface area contributed by atoms with Crippen LogP contribution in [0.3, 0.4) is 0 Å². The van der Waals surface area contributed by atoms with E-state index < -0.39 is 0 Å². The first-order valence-corrected chi connectivity index (χ1v) is 8.63. The fourth-order valence-electron chi connectivity index (χ4n) is 3.31. The van der Waals surface area contributed by atoms with Gasteiger partial charge in [-0.3, -0.25) is 9.59 Å². The Balaban J connectivity index is 1.58. The number of piperidine rings is 1. The number of hydrogen-bond acceptors (Lipinski definition) is 3. The van der Waals surface area contributed by atoms with Crippen LogP contribution in [0.1, 0.15) is 44.9 Å². The van der Waals surface area contributed by atoms with Crippen LogP contribution >= 0.6 is 0 Å². The SMILES string of the molecule is N#CCCN(CC1CC1)C(=O)C1CCCN(C(=O)C2CC2)C1. The zero-order valence-corrected chi connectivity index (χ0v) is 13.2. The molecule has 1 unspecified atom stereocenters. The lowest BCUT2D eigenvalue weighted by molar-refractivity contribution is -0.141. The molecule has 1 saturated heterocycles. The van der Waals surface area contributed by atoms with Gasteiger partial charge in [-0.25, -0.2) is 0 Å². The average Bonchev–Trinajstić information content (AvgIpc) is 3.43. The minimum atomic E-state index is -0.0612. The summed E-state index contributed by atoms with van der Waals surface area (Å²) in [5.41, 5.74) is 0. The van der Waals surface area contributed by atoms with Crippen molar-refractivity contribution in [3.05, 3.63) is 0 Å². The van der Waals surface area contributed by atoms with Crippen molar-refractivity contribution < 1.29 is 9.59 Å². The highest BCUT2D eigenvalue weighted by Crippen LogP contribution is 2.33. The van der Waals surface area contributed by atoms with E-state index in [0.29, 0.717) is 25.4 Å². The topological polar surface area (TPSA) is 64.4 Å². The van der Waals surface area contributed by atoms with Gasteiger partial charge in [0.05, 0.1) is 18.4 Å². The van der Waals surface area contributed by atoms with E-state index in [9.17, 15) is 9.59 Å². The Labute approximate surface area is 132 Å². The Morgan fingerprint density at radius 2 is 1.91 bits per heavy atom. The van der Waals surface area contributed by atoms with Crippen LogP contribution in [0.4, 0.5) is 0 Å². The number of likely N-dealkylation sites (tertiary alicyclic amines) is 1. The summed E-state index contributed by atoms with van der Waals surface area (Å²) in [6.45, 7) is 2.73. The second-order valence-electron chi connectivity index (χ2n) is 7.03. The van der Waals surface area contributed by atoms with Gasteiger partial charge in [-0.05, 0) is 44.4 Å². The number of carbonyl (C=O) groups excluding carboxylic acids is 2. The van der Waals surface area contributed by atoms with E-state index in [-0.39, 0.29) is 23.7 Å². The van der Waals surface area contributed by atoms with E-state index in [2.05, 4.69) is 6.07 Å². The summed E-state index contributed by atoms with van der Waals surface area (Å²) in [6.07, 6.45) is 6.63. The highest BCUT2D eigenvalue weighted by molar-refractivity contribution is 5.83. The predicted molar refractivity (Wildman–Crippen MR) is 81.6 cm³/mol. The number of rotatable bonds is 6. The minimum Gasteiger partial charge on any atom is -0.342 e. The fourth-order valence-corrected chi connectivity index (χ4v) is 3.31. The second kappa shape index (κ2) is 6.68. The summed E-state index contributed by atoms with van der Waals surface area (Å²) < 4.78 is 0. The fraction of sp³-hybridized carbons (Fsp3) is 0.824. The van der Waals surface area contributed by atoms with E-state index in [1.807, 2.05) is 9.80 Å². The molecule has 0 spiro atoms. The van der Waals surface area contributed by atoms with Crippen LogP contribution in [0.15, 0.2) is 0 Å². The second-order valence-corrected chi connectivity index (χ2v) is 7.03. The summed E-state index contributed by atoms with van der Waals surface area (Å²) in [5, 5.41) is 8.80. The molecule has 3 aliphatic rings. The number of nitrogens with zero attached hydrogens (tertiary/aromatic N) is 3. The zero-order chi connectivity index (χ0) is 15.5. The highest BCUT2D eigenvalue weighted by atomic mass is 16.2. The van der Waals surface area contributed by atoms with Crippen LogP contribution in [0.5, 0.6) is 0 Å². The maximum absolute atomic E-state index is 12.8. The van der Waals surface area contributed by atoms with Crippen molar-refractivity contribution in [1.82, 2.24) is 9.80 Å². The molecule has 2 amide bonds. The maximum Gasteiger partial charge on any atom is 0.227 e. The van der Waals surface area contributed by atoms with E-state index in [0.717, 1.165) is 38.8 Å². The molecule has 0 bridgehead atoms. The number of amides is 2. The third-order valence-electron chi connectivity index (χ3n) is 4.99. The van der Waals surface area contributed by atoms with E-state index in [1.165, 1.54) is 12.8 Å². The van der Waals surface area contributed by atoms with Crippen LogP contribution in [0.2, 0.25) is 0 Å². The van der Waals surface area contributed by atoms with Gasteiger partial charge in [0, 0.05) is 32.1 Å². The summed E-state index contributed by atoms with van der Waals surface area (Å²) >= 11 is 0. The standard InChI is InChI=1S/C17H25N3O2/c18-8-2-10-19(11-13-4-5-13)17(22)15-3-1-9-20(12-15)16(21)14-6-7-14/h13-15H,1-7,9-12H2. The van der Waals surface area contributed by atoms with Gasteiger partial charge in [-0.1, -0.05) is 0 Å². The van der Waals surface area contributed by atoms with Crippen LogP contribution < -0.4 is 0 Å². The maximum atomic E-state index is 12.8. The molecule has 1 heterocycles. The van der Waals surface area contributed by atoms with Gasteiger partial charge in [0.1, 0.15) is 0 Å². The van der Waals surface area contributed by atoms with E-state index >= 15 is 0 Å². The molecule has 2 aliphatic carbocycles. The Morgan fingerprint density at radius 1 is 1.14 bits per heavy atom. The van der Waals surface area contributed by atoms with Crippen LogP contribution in [0, 0.1) is 29.1 Å². The van der Waals surface area contributed by atoms with Gasteiger partial charge in [-0.15, -0.1) is 0 Å². The Hall–Kier alpha value is -1.57. The first-order chi connectivity index (χ1) is 10.7. The van der Waals surface area contributed by atoms with Gasteiger partial charge in [-0.2, -0.15) is 5.26 Å². The van der Waals surface area contributed by atoms with Gasteiger partial charge in [0.25, 0.3) is 0 Å². The monoisotopic (exact) mass is 303 g/mol. The van der Waals surface area contributed by atoms with Gasteiger partial charge in [0.15, 0.2) is 0 Å². The summed E-state index contributed by atoms with van der Waals surface area (Å²) in [5.74, 6) is 1.22. The predicted octanol–water partition coefficient (Wildman–Crippen LogP) is 1.79. The molecule has 1 atom stereocenters. The molecule has 0 aromatic heterocycles. The van der Waals surface area contributed by atoms with E-state index in [1.54, 1.807) is 0 Å². The minimum absolute atomic E-state index is 0.0612. The molecule has 3 fully saturated rings. The average molecular weight is 303 g/mol. The Kier molecular flexibility index (Phi) is 4.66. The van der Waals surface area contributed by atoms with Crippen molar-refractivity contribution in [2.24, 2.45) is 17.8 Å². The van der Waals surface area contributed by atoms with Gasteiger partial charge < -0.3 is 9.80 Å². The normalized spacial score (nSPS) is 24.7. The molecule has 3 rings (SSSR count). The number of hydrogen-bond donors (Lipinski definition) is 0. The zero-order valence-electron chi connectivity index (χ0n) is 13.2. The molecule has 0 radical (unpaired) electrons. The molecule has 0 N–H and O–H groups in total. The quantitative estimate of drug-likeness (QED) is 0.751. The van der Waals surface area contributed by atoms with Crippen molar-refractivity contribution >= 4 is 11.8 Å². The van der Waals surface area contributed by atoms with Crippen LogP contribution in [-0.2, 0) is 9.59 Å². The molecule has 120 valence electrons. The van der Waals surface area contributed by atoms with Crippen molar-refractivity contribution in [2.45, 2.75) is 44.9 Å².